The van der Waals surface area contributed by atoms with E-state index >= 15 is 0 Å². The first kappa shape index (κ1) is 12.9. The van der Waals surface area contributed by atoms with Crippen molar-refractivity contribution in [3.63, 3.8) is 0 Å². The fourth-order valence-electron chi connectivity index (χ4n) is 1.29. The summed E-state index contributed by atoms with van der Waals surface area (Å²) in [7, 11) is 1.57. The lowest BCUT2D eigenvalue weighted by Crippen LogP contribution is -2.03. The van der Waals surface area contributed by atoms with Crippen LogP contribution < -0.4 is 10.1 Å². The molecular weight excluding hydrogens is 275 g/mol. The van der Waals surface area contributed by atoms with Crippen molar-refractivity contribution in [2.24, 2.45) is 0 Å². The summed E-state index contributed by atoms with van der Waals surface area (Å²) >= 11 is 11.6. The molecule has 94 valence electrons. The average molecular weight is 285 g/mol. The number of hydrogen-bond acceptors (Lipinski definition) is 5. The number of hydrogen-bond donors (Lipinski definition) is 1. The van der Waals surface area contributed by atoms with Crippen molar-refractivity contribution in [3.05, 3.63) is 40.4 Å². The second-order valence-corrected chi connectivity index (χ2v) is 4.14. The standard InChI is InChI=1S/C11H10Cl2N4O/c1-18-9-3-2-7(4-14-9)5-15-10-8(12)6-16-11(13)17-10/h2-4,6H,5H2,1H3,(H,15,16,17). The SMILES string of the molecule is COc1ccc(CNc2nc(Cl)ncc2Cl)cn1. The molecule has 0 fully saturated rings. The third-order valence-corrected chi connectivity index (χ3v) is 2.64. The summed E-state index contributed by atoms with van der Waals surface area (Å²) in [6, 6.07) is 3.68. The van der Waals surface area contributed by atoms with E-state index in [0.29, 0.717) is 23.3 Å². The minimum Gasteiger partial charge on any atom is -0.481 e. The molecule has 0 unspecified atom stereocenters. The number of methoxy groups -OCH3 is 1. The predicted octanol–water partition coefficient (Wildman–Crippen LogP) is 2.80. The van der Waals surface area contributed by atoms with E-state index in [9.17, 15) is 0 Å². The zero-order valence-corrected chi connectivity index (χ0v) is 11.0. The van der Waals surface area contributed by atoms with Gasteiger partial charge in [-0.1, -0.05) is 17.7 Å². The van der Waals surface area contributed by atoms with Crippen LogP contribution in [0.15, 0.2) is 24.5 Å². The molecule has 0 aliphatic heterocycles. The van der Waals surface area contributed by atoms with E-state index in [0.717, 1.165) is 5.56 Å². The van der Waals surface area contributed by atoms with Crippen LogP contribution in [-0.2, 0) is 6.54 Å². The molecule has 2 heterocycles. The maximum Gasteiger partial charge on any atom is 0.224 e. The quantitative estimate of drug-likeness (QED) is 0.875. The van der Waals surface area contributed by atoms with Crippen molar-refractivity contribution in [1.29, 1.82) is 0 Å². The van der Waals surface area contributed by atoms with Gasteiger partial charge in [0.05, 0.1) is 13.3 Å². The van der Waals surface area contributed by atoms with Gasteiger partial charge in [0.2, 0.25) is 11.2 Å². The van der Waals surface area contributed by atoms with Crippen LogP contribution in [-0.4, -0.2) is 22.1 Å². The number of nitrogens with one attached hydrogen (secondary N) is 1. The lowest BCUT2D eigenvalue weighted by Gasteiger charge is -2.07. The highest BCUT2D eigenvalue weighted by Gasteiger charge is 2.04. The third kappa shape index (κ3) is 3.21. The average Bonchev–Trinajstić information content (AvgIpc) is 2.40. The van der Waals surface area contributed by atoms with Crippen molar-refractivity contribution >= 4 is 29.0 Å². The Kier molecular flexibility index (Phi) is 4.17. The fraction of sp³-hybridized carbons (Fsp3) is 0.182. The Balaban J connectivity index is 2.04. The molecule has 1 N–H and O–H groups in total. The van der Waals surface area contributed by atoms with Gasteiger partial charge in [-0.2, -0.15) is 4.98 Å². The van der Waals surface area contributed by atoms with Crippen LogP contribution in [0.25, 0.3) is 0 Å². The van der Waals surface area contributed by atoms with Crippen LogP contribution in [0.2, 0.25) is 10.3 Å². The lowest BCUT2D eigenvalue weighted by atomic mass is 10.3. The van der Waals surface area contributed by atoms with E-state index in [-0.39, 0.29) is 5.28 Å². The Morgan fingerprint density at radius 2 is 2.06 bits per heavy atom. The number of rotatable bonds is 4. The molecule has 0 bridgehead atoms. The van der Waals surface area contributed by atoms with E-state index in [4.69, 9.17) is 27.9 Å². The molecule has 2 aromatic rings. The van der Waals surface area contributed by atoms with Crippen molar-refractivity contribution in [2.45, 2.75) is 6.54 Å². The molecule has 18 heavy (non-hydrogen) atoms. The summed E-state index contributed by atoms with van der Waals surface area (Å²) in [6.45, 7) is 0.532. The number of aromatic nitrogens is 3. The van der Waals surface area contributed by atoms with E-state index < -0.39 is 0 Å². The van der Waals surface area contributed by atoms with Crippen LogP contribution in [0.3, 0.4) is 0 Å². The molecule has 0 aliphatic carbocycles. The monoisotopic (exact) mass is 284 g/mol. The first-order valence-corrected chi connectivity index (χ1v) is 5.85. The van der Waals surface area contributed by atoms with Gasteiger partial charge in [0.1, 0.15) is 10.8 Å². The van der Waals surface area contributed by atoms with E-state index in [1.54, 1.807) is 19.4 Å². The highest BCUT2D eigenvalue weighted by molar-refractivity contribution is 6.33. The van der Waals surface area contributed by atoms with Gasteiger partial charge in [-0.15, -0.1) is 0 Å². The van der Waals surface area contributed by atoms with Gasteiger partial charge < -0.3 is 10.1 Å². The van der Waals surface area contributed by atoms with Crippen molar-refractivity contribution in [2.75, 3.05) is 12.4 Å². The van der Waals surface area contributed by atoms with Crippen molar-refractivity contribution in [3.8, 4) is 5.88 Å². The van der Waals surface area contributed by atoms with Gasteiger partial charge in [0.15, 0.2) is 0 Å². The Bertz CT molecular complexity index is 533. The number of pyridine rings is 1. The summed E-state index contributed by atoms with van der Waals surface area (Å²) < 4.78 is 4.98. The molecule has 0 saturated heterocycles. The normalized spacial score (nSPS) is 10.2. The van der Waals surface area contributed by atoms with Gasteiger partial charge in [-0.3, -0.25) is 0 Å². The van der Waals surface area contributed by atoms with Crippen LogP contribution in [0.5, 0.6) is 5.88 Å². The molecule has 2 rings (SSSR count). The Morgan fingerprint density at radius 1 is 1.22 bits per heavy atom. The van der Waals surface area contributed by atoms with Gasteiger partial charge in [-0.25, -0.2) is 9.97 Å². The van der Waals surface area contributed by atoms with Gasteiger partial charge in [0.25, 0.3) is 0 Å². The van der Waals surface area contributed by atoms with E-state index in [1.165, 1.54) is 6.20 Å². The summed E-state index contributed by atoms with van der Waals surface area (Å²) in [5.41, 5.74) is 0.974. The Hall–Kier alpha value is -1.59. The first-order valence-electron chi connectivity index (χ1n) is 5.10. The minimum atomic E-state index is 0.148. The molecule has 5 nitrogen and oxygen atoms in total. The fourth-order valence-corrected chi connectivity index (χ4v) is 1.58. The molecule has 0 spiro atoms. The molecule has 0 aromatic carbocycles. The first-order chi connectivity index (χ1) is 8.69. The predicted molar refractivity (Wildman–Crippen MR) is 70.2 cm³/mol. The van der Waals surface area contributed by atoms with Crippen molar-refractivity contribution < 1.29 is 4.74 Å². The maximum absolute atomic E-state index is 5.93. The van der Waals surface area contributed by atoms with Gasteiger partial charge in [-0.05, 0) is 17.2 Å². The highest BCUT2D eigenvalue weighted by atomic mass is 35.5. The smallest absolute Gasteiger partial charge is 0.224 e. The number of nitrogens with zero attached hydrogens (tertiary/aromatic N) is 3. The number of ether oxygens (including phenoxy) is 1. The summed E-state index contributed by atoms with van der Waals surface area (Å²) in [5.74, 6) is 1.06. The minimum absolute atomic E-state index is 0.148. The van der Waals surface area contributed by atoms with Gasteiger partial charge in [0, 0.05) is 18.8 Å². The number of anilines is 1. The second kappa shape index (κ2) is 5.84. The summed E-state index contributed by atoms with van der Waals surface area (Å²) in [6.07, 6.45) is 3.16. The summed E-state index contributed by atoms with van der Waals surface area (Å²) in [4.78, 5) is 11.9. The lowest BCUT2D eigenvalue weighted by molar-refractivity contribution is 0.397. The van der Waals surface area contributed by atoms with Crippen molar-refractivity contribution in [1.82, 2.24) is 15.0 Å². The molecule has 0 saturated carbocycles. The highest BCUT2D eigenvalue weighted by Crippen LogP contribution is 2.20. The molecule has 0 amide bonds. The molecule has 2 aromatic heterocycles. The zero-order valence-electron chi connectivity index (χ0n) is 9.52. The van der Waals surface area contributed by atoms with E-state index in [1.807, 2.05) is 6.07 Å². The van der Waals surface area contributed by atoms with Crippen LogP contribution in [0.1, 0.15) is 5.56 Å². The Labute approximate surface area is 114 Å². The molecule has 0 radical (unpaired) electrons. The largest absolute Gasteiger partial charge is 0.481 e. The molecule has 0 aliphatic rings. The van der Waals surface area contributed by atoms with E-state index in [2.05, 4.69) is 20.3 Å². The van der Waals surface area contributed by atoms with Crippen LogP contribution >= 0.6 is 23.2 Å². The van der Waals surface area contributed by atoms with Crippen LogP contribution in [0, 0.1) is 0 Å². The molecule has 7 heteroatoms. The zero-order chi connectivity index (χ0) is 13.0. The summed E-state index contributed by atoms with van der Waals surface area (Å²) in [5, 5.41) is 3.62. The third-order valence-electron chi connectivity index (χ3n) is 2.18. The molecule has 0 atom stereocenters. The maximum atomic E-state index is 5.93. The second-order valence-electron chi connectivity index (χ2n) is 3.40. The number of halogens is 2. The molecular formula is C11H10Cl2N4O. The van der Waals surface area contributed by atoms with Gasteiger partial charge >= 0.3 is 0 Å². The Morgan fingerprint density at radius 3 is 2.72 bits per heavy atom. The van der Waals surface area contributed by atoms with Crippen LogP contribution in [0.4, 0.5) is 5.82 Å². The topological polar surface area (TPSA) is 59.9 Å².